The van der Waals surface area contributed by atoms with Crippen molar-refractivity contribution >= 4 is 5.91 Å². The maximum atomic E-state index is 13.0. The molecule has 0 aliphatic heterocycles. The van der Waals surface area contributed by atoms with Crippen LogP contribution in [0.4, 0.5) is 0 Å². The van der Waals surface area contributed by atoms with Gasteiger partial charge in [-0.25, -0.2) is 4.98 Å². The first kappa shape index (κ1) is 13.6. The minimum atomic E-state index is -0.298. The average molecular weight is 276 g/mol. The van der Waals surface area contributed by atoms with Crippen molar-refractivity contribution in [3.63, 3.8) is 0 Å². The van der Waals surface area contributed by atoms with Gasteiger partial charge >= 0.3 is 0 Å². The van der Waals surface area contributed by atoms with Crippen LogP contribution in [0.1, 0.15) is 44.3 Å². The predicted molar refractivity (Wildman–Crippen MR) is 76.7 cm³/mol. The van der Waals surface area contributed by atoms with E-state index >= 15 is 0 Å². The van der Waals surface area contributed by atoms with Crippen LogP contribution in [0.2, 0.25) is 0 Å². The van der Waals surface area contributed by atoms with Crippen molar-refractivity contribution in [3.05, 3.63) is 18.2 Å². The number of amides is 1. The van der Waals surface area contributed by atoms with Crippen molar-refractivity contribution in [2.45, 2.75) is 51.1 Å². The molecular formula is C15H24N4O. The molecule has 2 aliphatic carbocycles. The van der Waals surface area contributed by atoms with E-state index < -0.39 is 0 Å². The van der Waals surface area contributed by atoms with Crippen LogP contribution in [0.5, 0.6) is 0 Å². The highest BCUT2D eigenvalue weighted by atomic mass is 16.2. The highest BCUT2D eigenvalue weighted by Gasteiger charge is 2.46. The Kier molecular flexibility index (Phi) is 3.54. The monoisotopic (exact) mass is 276 g/mol. The van der Waals surface area contributed by atoms with Crippen LogP contribution >= 0.6 is 0 Å². The number of imidazole rings is 1. The third-order valence-corrected chi connectivity index (χ3v) is 4.89. The molecule has 3 rings (SSSR count). The van der Waals surface area contributed by atoms with Crippen LogP contribution in [0.15, 0.2) is 12.4 Å². The standard InChI is InChI=1S/C15H24N4O/c1-18-9-8-17-13(18)10-19(12-4-5-12)14(20)15(11-16)6-2-3-7-15/h8-9,12H,2-7,10-11,16H2,1H3. The fourth-order valence-corrected chi connectivity index (χ4v) is 3.32. The molecule has 2 fully saturated rings. The van der Waals surface area contributed by atoms with Crippen LogP contribution in [0, 0.1) is 5.41 Å². The van der Waals surface area contributed by atoms with Crippen LogP contribution in [0.25, 0.3) is 0 Å². The summed E-state index contributed by atoms with van der Waals surface area (Å²) >= 11 is 0. The molecule has 1 aromatic heterocycles. The molecule has 110 valence electrons. The van der Waals surface area contributed by atoms with Gasteiger partial charge in [-0.05, 0) is 25.7 Å². The third kappa shape index (κ3) is 2.35. The summed E-state index contributed by atoms with van der Waals surface area (Å²) in [7, 11) is 1.98. The molecule has 5 nitrogen and oxygen atoms in total. The smallest absolute Gasteiger partial charge is 0.230 e. The van der Waals surface area contributed by atoms with Gasteiger partial charge < -0.3 is 15.2 Å². The van der Waals surface area contributed by atoms with Crippen LogP contribution in [-0.4, -0.2) is 32.9 Å². The molecule has 0 atom stereocenters. The largest absolute Gasteiger partial charge is 0.337 e. The van der Waals surface area contributed by atoms with Gasteiger partial charge in [0.2, 0.25) is 5.91 Å². The Morgan fingerprint density at radius 1 is 1.50 bits per heavy atom. The lowest BCUT2D eigenvalue weighted by Crippen LogP contribution is -2.47. The lowest BCUT2D eigenvalue weighted by Gasteiger charge is -2.33. The van der Waals surface area contributed by atoms with E-state index in [1.807, 2.05) is 22.7 Å². The molecule has 0 saturated heterocycles. The van der Waals surface area contributed by atoms with Crippen molar-refractivity contribution in [2.75, 3.05) is 6.54 Å². The summed E-state index contributed by atoms with van der Waals surface area (Å²) in [5.41, 5.74) is 5.67. The highest BCUT2D eigenvalue weighted by Crippen LogP contribution is 2.41. The first-order valence-electron chi connectivity index (χ1n) is 7.64. The number of rotatable bonds is 5. The second kappa shape index (κ2) is 5.20. The molecule has 2 saturated carbocycles. The van der Waals surface area contributed by atoms with E-state index in [9.17, 15) is 4.79 Å². The zero-order valence-corrected chi connectivity index (χ0v) is 12.2. The molecule has 0 radical (unpaired) electrons. The summed E-state index contributed by atoms with van der Waals surface area (Å²) in [5, 5.41) is 0. The summed E-state index contributed by atoms with van der Waals surface area (Å²) in [6.45, 7) is 1.10. The number of aromatic nitrogens is 2. The summed E-state index contributed by atoms with van der Waals surface area (Å²) in [4.78, 5) is 19.4. The summed E-state index contributed by atoms with van der Waals surface area (Å²) in [5.74, 6) is 1.22. The molecule has 5 heteroatoms. The second-order valence-electron chi connectivity index (χ2n) is 6.31. The van der Waals surface area contributed by atoms with Crippen molar-refractivity contribution in [2.24, 2.45) is 18.2 Å². The second-order valence-corrected chi connectivity index (χ2v) is 6.31. The number of hydrogen-bond donors (Lipinski definition) is 1. The fraction of sp³-hybridized carbons (Fsp3) is 0.733. The molecule has 1 aromatic rings. The van der Waals surface area contributed by atoms with E-state index in [1.165, 1.54) is 0 Å². The van der Waals surface area contributed by atoms with E-state index in [2.05, 4.69) is 4.98 Å². The molecular weight excluding hydrogens is 252 g/mol. The van der Waals surface area contributed by atoms with Gasteiger partial charge in [-0.3, -0.25) is 4.79 Å². The Morgan fingerprint density at radius 3 is 2.70 bits per heavy atom. The van der Waals surface area contributed by atoms with Crippen molar-refractivity contribution in [1.29, 1.82) is 0 Å². The Balaban J connectivity index is 1.80. The lowest BCUT2D eigenvalue weighted by atomic mass is 9.84. The van der Waals surface area contributed by atoms with Gasteiger partial charge in [0.05, 0.1) is 12.0 Å². The third-order valence-electron chi connectivity index (χ3n) is 4.89. The summed E-state index contributed by atoms with van der Waals surface area (Å²) < 4.78 is 1.99. The van der Waals surface area contributed by atoms with Crippen molar-refractivity contribution in [1.82, 2.24) is 14.5 Å². The van der Waals surface area contributed by atoms with Gasteiger partial charge in [-0.15, -0.1) is 0 Å². The molecule has 0 unspecified atom stereocenters. The van der Waals surface area contributed by atoms with E-state index in [0.29, 0.717) is 19.1 Å². The Morgan fingerprint density at radius 2 is 2.20 bits per heavy atom. The first-order valence-corrected chi connectivity index (χ1v) is 7.64. The Hall–Kier alpha value is -1.36. The number of aryl methyl sites for hydroxylation is 1. The molecule has 1 heterocycles. The zero-order chi connectivity index (χ0) is 14.2. The van der Waals surface area contributed by atoms with Gasteiger partial charge in [-0.1, -0.05) is 12.8 Å². The number of nitrogens with two attached hydrogens (primary N) is 1. The summed E-state index contributed by atoms with van der Waals surface area (Å²) in [6.07, 6.45) is 10.1. The Bertz CT molecular complexity index is 486. The lowest BCUT2D eigenvalue weighted by molar-refractivity contribution is -0.142. The van der Waals surface area contributed by atoms with Crippen LogP contribution in [-0.2, 0) is 18.4 Å². The number of hydrogen-bond acceptors (Lipinski definition) is 3. The highest BCUT2D eigenvalue weighted by molar-refractivity contribution is 5.84. The SMILES string of the molecule is Cn1ccnc1CN(C(=O)C1(CN)CCCC1)C1CC1. The number of nitrogens with zero attached hydrogens (tertiary/aromatic N) is 3. The normalized spacial score (nSPS) is 21.1. The molecule has 2 N–H and O–H groups in total. The van der Waals surface area contributed by atoms with Gasteiger partial charge in [0.1, 0.15) is 5.82 Å². The zero-order valence-electron chi connectivity index (χ0n) is 12.2. The average Bonchev–Trinajstić information content (AvgIpc) is 3.03. The van der Waals surface area contributed by atoms with E-state index in [0.717, 1.165) is 44.3 Å². The molecule has 1 amide bonds. The minimum absolute atomic E-state index is 0.267. The quantitative estimate of drug-likeness (QED) is 0.885. The Labute approximate surface area is 120 Å². The molecule has 0 aromatic carbocycles. The van der Waals surface area contributed by atoms with Crippen LogP contribution < -0.4 is 5.73 Å². The van der Waals surface area contributed by atoms with E-state index in [-0.39, 0.29) is 11.3 Å². The van der Waals surface area contributed by atoms with Gasteiger partial charge in [0.25, 0.3) is 0 Å². The number of carbonyl (C=O) groups is 1. The van der Waals surface area contributed by atoms with E-state index in [1.54, 1.807) is 6.20 Å². The van der Waals surface area contributed by atoms with Gasteiger partial charge in [0.15, 0.2) is 0 Å². The van der Waals surface area contributed by atoms with Crippen molar-refractivity contribution < 1.29 is 4.79 Å². The topological polar surface area (TPSA) is 64.2 Å². The maximum absolute atomic E-state index is 13.0. The maximum Gasteiger partial charge on any atom is 0.230 e. The predicted octanol–water partition coefficient (Wildman–Crippen LogP) is 1.43. The number of carbonyl (C=O) groups excluding carboxylic acids is 1. The first-order chi connectivity index (χ1) is 9.66. The van der Waals surface area contributed by atoms with Crippen molar-refractivity contribution in [3.8, 4) is 0 Å². The molecule has 2 aliphatic rings. The molecule has 0 spiro atoms. The summed E-state index contributed by atoms with van der Waals surface area (Å²) in [6, 6.07) is 0.406. The van der Waals surface area contributed by atoms with Crippen LogP contribution in [0.3, 0.4) is 0 Å². The molecule has 20 heavy (non-hydrogen) atoms. The molecule has 0 bridgehead atoms. The van der Waals surface area contributed by atoms with Gasteiger partial charge in [-0.2, -0.15) is 0 Å². The van der Waals surface area contributed by atoms with E-state index in [4.69, 9.17) is 5.73 Å². The van der Waals surface area contributed by atoms with Gasteiger partial charge in [0, 0.05) is 32.0 Å². The fourth-order valence-electron chi connectivity index (χ4n) is 3.32. The minimum Gasteiger partial charge on any atom is -0.337 e.